The Balaban J connectivity index is 1.93. The minimum Gasteiger partial charge on any atom is -0.402 e. The monoisotopic (exact) mass is 396 g/mol. The van der Waals surface area contributed by atoms with Crippen LogP contribution in [0.4, 0.5) is 0 Å². The number of rotatable bonds is 4. The molecule has 0 bridgehead atoms. The zero-order chi connectivity index (χ0) is 21.1. The molecular weight excluding hydrogens is 364 g/mol. The second-order valence-electron chi connectivity index (χ2n) is 8.18. The van der Waals surface area contributed by atoms with Crippen LogP contribution in [-0.2, 0) is 4.79 Å². The van der Waals surface area contributed by atoms with E-state index in [1.807, 2.05) is 45.9 Å². The molecule has 0 aromatic heterocycles. The number of likely N-dealkylation sites (tertiary alicyclic amines) is 1. The molecule has 29 heavy (non-hydrogen) atoms. The summed E-state index contributed by atoms with van der Waals surface area (Å²) in [5.41, 5.74) is 9.32. The maximum Gasteiger partial charge on any atom is 0.251 e. The lowest BCUT2D eigenvalue weighted by atomic mass is 9.85. The lowest BCUT2D eigenvalue weighted by molar-refractivity contribution is -0.130. The van der Waals surface area contributed by atoms with E-state index >= 15 is 0 Å². The van der Waals surface area contributed by atoms with E-state index in [1.165, 1.54) is 12.8 Å². The Bertz CT molecular complexity index is 848. The van der Waals surface area contributed by atoms with Crippen LogP contribution in [0.15, 0.2) is 40.5 Å². The van der Waals surface area contributed by atoms with E-state index in [-0.39, 0.29) is 23.8 Å². The van der Waals surface area contributed by atoms with Crippen LogP contribution in [-0.4, -0.2) is 41.2 Å². The van der Waals surface area contributed by atoms with Gasteiger partial charge in [0.2, 0.25) is 0 Å². The predicted molar refractivity (Wildman–Crippen MR) is 116 cm³/mol. The van der Waals surface area contributed by atoms with Crippen molar-refractivity contribution in [1.29, 1.82) is 0 Å². The van der Waals surface area contributed by atoms with Gasteiger partial charge in [-0.1, -0.05) is 37.5 Å². The number of hydrogen-bond acceptors (Lipinski definition) is 4. The lowest BCUT2D eigenvalue weighted by Gasteiger charge is -2.40. The highest BCUT2D eigenvalue weighted by Gasteiger charge is 2.42. The Morgan fingerprint density at radius 1 is 1.31 bits per heavy atom. The molecule has 2 fully saturated rings. The van der Waals surface area contributed by atoms with Crippen LogP contribution in [0.25, 0.3) is 0 Å². The molecule has 1 heterocycles. The number of amidine groups is 1. The Morgan fingerprint density at radius 3 is 2.59 bits per heavy atom. The molecule has 0 radical (unpaired) electrons. The standard InChI is InChI=1S/C23H32N4O2/c1-5-27-21(25-18-11-6-7-12-18)19(16(4)24)15(3)20(23(27)29)26-22(28)17-10-8-9-14(2)13-17/h8-10,13,15,18,20H,5-7,11-12,24H2,1-4H3,(H,26,28). The summed E-state index contributed by atoms with van der Waals surface area (Å²) in [5.74, 6) is 0.0741. The number of nitrogens with one attached hydrogen (secondary N) is 1. The molecule has 1 aliphatic heterocycles. The van der Waals surface area contributed by atoms with Crippen LogP contribution in [0, 0.1) is 12.8 Å². The molecule has 6 nitrogen and oxygen atoms in total. The molecule has 0 spiro atoms. The minimum atomic E-state index is -0.668. The Hall–Kier alpha value is -2.63. The summed E-state index contributed by atoms with van der Waals surface area (Å²) in [5, 5.41) is 2.95. The zero-order valence-electron chi connectivity index (χ0n) is 17.9. The number of nitrogens with zero attached hydrogens (tertiary/aromatic N) is 2. The van der Waals surface area contributed by atoms with Gasteiger partial charge in [-0.2, -0.15) is 0 Å². The first-order valence-corrected chi connectivity index (χ1v) is 10.6. The number of aryl methyl sites for hydroxylation is 1. The highest BCUT2D eigenvalue weighted by Crippen LogP contribution is 2.30. The van der Waals surface area contributed by atoms with E-state index in [2.05, 4.69) is 5.32 Å². The predicted octanol–water partition coefficient (Wildman–Crippen LogP) is 3.17. The Labute approximate surface area is 173 Å². The van der Waals surface area contributed by atoms with Gasteiger partial charge in [-0.3, -0.25) is 19.5 Å². The number of amides is 2. The van der Waals surface area contributed by atoms with Gasteiger partial charge in [0.15, 0.2) is 0 Å². The van der Waals surface area contributed by atoms with Gasteiger partial charge >= 0.3 is 0 Å². The van der Waals surface area contributed by atoms with Crippen LogP contribution in [0.5, 0.6) is 0 Å². The average molecular weight is 397 g/mol. The van der Waals surface area contributed by atoms with Gasteiger partial charge in [-0.15, -0.1) is 0 Å². The van der Waals surface area contributed by atoms with Crippen LogP contribution >= 0.6 is 0 Å². The van der Waals surface area contributed by atoms with Gasteiger partial charge in [-0.25, -0.2) is 0 Å². The number of piperidine rings is 1. The van der Waals surface area contributed by atoms with Crippen molar-refractivity contribution in [3.8, 4) is 0 Å². The minimum absolute atomic E-state index is 0.122. The second-order valence-corrected chi connectivity index (χ2v) is 8.18. The molecule has 3 N–H and O–H groups in total. The summed E-state index contributed by atoms with van der Waals surface area (Å²) in [4.78, 5) is 32.8. The fourth-order valence-electron chi connectivity index (χ4n) is 4.39. The normalized spacial score (nSPS) is 26.1. The van der Waals surface area contributed by atoms with Crippen LogP contribution < -0.4 is 11.1 Å². The van der Waals surface area contributed by atoms with Crippen molar-refractivity contribution < 1.29 is 9.59 Å². The number of aliphatic imine (C=N–C) groups is 1. The average Bonchev–Trinajstić information content (AvgIpc) is 3.18. The third-order valence-electron chi connectivity index (χ3n) is 5.92. The molecule has 2 amide bonds. The molecule has 3 rings (SSSR count). The van der Waals surface area contributed by atoms with Gasteiger partial charge in [0.1, 0.15) is 11.9 Å². The second kappa shape index (κ2) is 8.80. The summed E-state index contributed by atoms with van der Waals surface area (Å²) >= 11 is 0. The Morgan fingerprint density at radius 2 is 2.00 bits per heavy atom. The number of nitrogens with two attached hydrogens (primary N) is 1. The molecule has 1 aromatic rings. The van der Waals surface area contributed by atoms with Gasteiger partial charge in [-0.05, 0) is 45.7 Å². The van der Waals surface area contributed by atoms with E-state index < -0.39 is 6.04 Å². The highest BCUT2D eigenvalue weighted by molar-refractivity contribution is 6.14. The largest absolute Gasteiger partial charge is 0.402 e. The van der Waals surface area contributed by atoms with Crippen LogP contribution in [0.1, 0.15) is 62.4 Å². The van der Waals surface area contributed by atoms with Crippen LogP contribution in [0.3, 0.4) is 0 Å². The molecule has 1 aromatic carbocycles. The van der Waals surface area contributed by atoms with Gasteiger partial charge in [0, 0.05) is 29.3 Å². The Kier molecular flexibility index (Phi) is 6.40. The summed E-state index contributed by atoms with van der Waals surface area (Å²) in [6.07, 6.45) is 4.45. The van der Waals surface area contributed by atoms with Crippen molar-refractivity contribution in [2.45, 2.75) is 65.5 Å². The van der Waals surface area contributed by atoms with Gasteiger partial charge in [0.25, 0.3) is 11.8 Å². The van der Waals surface area contributed by atoms with E-state index in [0.29, 0.717) is 23.6 Å². The van der Waals surface area contributed by atoms with E-state index in [4.69, 9.17) is 10.7 Å². The summed E-state index contributed by atoms with van der Waals surface area (Å²) < 4.78 is 0. The van der Waals surface area contributed by atoms with Crippen LogP contribution in [0.2, 0.25) is 0 Å². The third kappa shape index (κ3) is 4.36. The summed E-state index contributed by atoms with van der Waals surface area (Å²) in [6, 6.07) is 6.94. The lowest BCUT2D eigenvalue weighted by Crippen LogP contribution is -2.59. The molecule has 2 atom stereocenters. The maximum atomic E-state index is 13.3. The summed E-state index contributed by atoms with van der Waals surface area (Å²) in [6.45, 7) is 8.15. The molecule has 1 saturated carbocycles. The number of hydrogen-bond donors (Lipinski definition) is 2. The van der Waals surface area contributed by atoms with Crippen molar-refractivity contribution in [3.63, 3.8) is 0 Å². The molecule has 1 aliphatic carbocycles. The number of carbonyl (C=O) groups excluding carboxylic acids is 2. The molecular formula is C23H32N4O2. The third-order valence-corrected chi connectivity index (χ3v) is 5.92. The van der Waals surface area contributed by atoms with Crippen molar-refractivity contribution in [3.05, 3.63) is 46.7 Å². The quantitative estimate of drug-likeness (QED) is 0.819. The number of carbonyl (C=O) groups is 2. The van der Waals surface area contributed by atoms with E-state index in [1.54, 1.807) is 11.0 Å². The smallest absolute Gasteiger partial charge is 0.251 e. The van der Waals surface area contributed by atoms with Crippen molar-refractivity contribution in [2.24, 2.45) is 16.6 Å². The number of benzene rings is 1. The first kappa shape index (κ1) is 21.1. The zero-order valence-corrected chi connectivity index (χ0v) is 17.9. The van der Waals surface area contributed by atoms with Crippen molar-refractivity contribution in [2.75, 3.05) is 6.54 Å². The SMILES string of the molecule is CCN1C(=O)C(NC(=O)c2cccc(C)c2)C(C)C(=C(C)N)C1=NC1CCCC1. The molecule has 2 unspecified atom stereocenters. The molecule has 6 heteroatoms. The first-order chi connectivity index (χ1) is 13.8. The number of likely N-dealkylation sites (N-methyl/N-ethyl adjacent to an activating group) is 1. The fraction of sp³-hybridized carbons (Fsp3) is 0.522. The summed E-state index contributed by atoms with van der Waals surface area (Å²) in [7, 11) is 0. The van der Waals surface area contributed by atoms with Crippen molar-refractivity contribution in [1.82, 2.24) is 10.2 Å². The molecule has 156 valence electrons. The maximum absolute atomic E-state index is 13.3. The first-order valence-electron chi connectivity index (χ1n) is 10.6. The van der Waals surface area contributed by atoms with E-state index in [9.17, 15) is 9.59 Å². The molecule has 2 aliphatic rings. The molecule has 1 saturated heterocycles. The van der Waals surface area contributed by atoms with Gasteiger partial charge in [0.05, 0.1) is 6.04 Å². The fourth-order valence-corrected chi connectivity index (χ4v) is 4.39. The topological polar surface area (TPSA) is 87.8 Å². The number of allylic oxidation sites excluding steroid dienone is 1. The van der Waals surface area contributed by atoms with E-state index in [0.717, 1.165) is 24.0 Å². The highest BCUT2D eigenvalue weighted by atomic mass is 16.2. The van der Waals surface area contributed by atoms with Gasteiger partial charge < -0.3 is 11.1 Å². The van der Waals surface area contributed by atoms with Crippen molar-refractivity contribution >= 4 is 17.6 Å².